The van der Waals surface area contributed by atoms with Crippen LogP contribution in [0.5, 0.6) is 0 Å². The first kappa shape index (κ1) is 13.5. The fourth-order valence-electron chi connectivity index (χ4n) is 1.86. The number of hydrogen-bond acceptors (Lipinski definition) is 4. The van der Waals surface area contributed by atoms with Crippen LogP contribution in [0.3, 0.4) is 0 Å². The number of nitrogens with one attached hydrogen (secondary N) is 2. The monoisotopic (exact) mass is 242 g/mol. The molecule has 1 heterocycles. The van der Waals surface area contributed by atoms with E-state index in [0.717, 1.165) is 12.8 Å². The number of carbonyl (C=O) groups excluding carboxylic acids is 1. The molecule has 6 nitrogen and oxygen atoms in total. The third kappa shape index (κ3) is 4.44. The lowest BCUT2D eigenvalue weighted by Crippen LogP contribution is -2.50. The van der Waals surface area contributed by atoms with Crippen molar-refractivity contribution in [3.05, 3.63) is 12.7 Å². The second-order valence-corrected chi connectivity index (χ2v) is 3.94. The van der Waals surface area contributed by atoms with Crippen LogP contribution in [0.25, 0.3) is 0 Å². The Bertz CT molecular complexity index is 293. The van der Waals surface area contributed by atoms with Crippen LogP contribution in [0.4, 0.5) is 4.79 Å². The van der Waals surface area contributed by atoms with Crippen molar-refractivity contribution in [3.8, 4) is 0 Å². The van der Waals surface area contributed by atoms with Gasteiger partial charge in [-0.25, -0.2) is 4.79 Å². The molecular weight excluding hydrogens is 224 g/mol. The summed E-state index contributed by atoms with van der Waals surface area (Å²) >= 11 is 0. The van der Waals surface area contributed by atoms with E-state index in [4.69, 9.17) is 9.84 Å². The van der Waals surface area contributed by atoms with Gasteiger partial charge in [-0.3, -0.25) is 4.79 Å². The van der Waals surface area contributed by atoms with Crippen molar-refractivity contribution in [2.45, 2.75) is 18.9 Å². The topological polar surface area (TPSA) is 87.7 Å². The molecule has 0 unspecified atom stereocenters. The lowest BCUT2D eigenvalue weighted by atomic mass is 9.91. The van der Waals surface area contributed by atoms with Crippen LogP contribution in [0, 0.1) is 5.92 Å². The maximum Gasteiger partial charge on any atom is 0.407 e. The van der Waals surface area contributed by atoms with Gasteiger partial charge in [0.1, 0.15) is 12.6 Å². The average Bonchev–Trinajstić information content (AvgIpc) is 2.34. The van der Waals surface area contributed by atoms with Crippen molar-refractivity contribution in [3.63, 3.8) is 0 Å². The second-order valence-electron chi connectivity index (χ2n) is 3.94. The molecule has 0 radical (unpaired) electrons. The first-order valence-corrected chi connectivity index (χ1v) is 5.63. The van der Waals surface area contributed by atoms with E-state index in [9.17, 15) is 9.59 Å². The Labute approximate surface area is 100 Å². The molecule has 0 aromatic heterocycles. The molecule has 2 atom stereocenters. The largest absolute Gasteiger partial charge is 0.480 e. The number of carboxylic acid groups (broad SMARTS) is 1. The summed E-state index contributed by atoms with van der Waals surface area (Å²) in [6.07, 6.45) is 2.63. The minimum absolute atomic E-state index is 0.0995. The number of piperidine rings is 1. The summed E-state index contributed by atoms with van der Waals surface area (Å²) in [4.78, 5) is 22.1. The first-order chi connectivity index (χ1) is 8.15. The van der Waals surface area contributed by atoms with Gasteiger partial charge >= 0.3 is 12.1 Å². The molecule has 6 heteroatoms. The van der Waals surface area contributed by atoms with Gasteiger partial charge in [0.05, 0.1) is 0 Å². The van der Waals surface area contributed by atoms with E-state index in [1.807, 2.05) is 0 Å². The van der Waals surface area contributed by atoms with Crippen LogP contribution in [0.2, 0.25) is 0 Å². The highest BCUT2D eigenvalue weighted by Gasteiger charge is 2.30. The van der Waals surface area contributed by atoms with E-state index < -0.39 is 18.1 Å². The number of rotatable bonds is 5. The predicted molar refractivity (Wildman–Crippen MR) is 61.7 cm³/mol. The molecule has 3 N–H and O–H groups in total. The third-order valence-electron chi connectivity index (χ3n) is 2.69. The van der Waals surface area contributed by atoms with Crippen molar-refractivity contribution < 1.29 is 19.4 Å². The molecule has 0 aromatic carbocycles. The summed E-state index contributed by atoms with van der Waals surface area (Å²) in [6, 6.07) is -0.594. The molecule has 0 aliphatic carbocycles. The van der Waals surface area contributed by atoms with Gasteiger partial charge < -0.3 is 20.5 Å². The molecular formula is C11H18N2O4. The Hall–Kier alpha value is -1.56. The zero-order chi connectivity index (χ0) is 12.7. The fourth-order valence-corrected chi connectivity index (χ4v) is 1.86. The van der Waals surface area contributed by atoms with Gasteiger partial charge in [-0.1, -0.05) is 12.7 Å². The summed E-state index contributed by atoms with van der Waals surface area (Å²) in [5, 5.41) is 14.5. The number of alkyl carbamates (subject to hydrolysis) is 1. The quantitative estimate of drug-likeness (QED) is 0.605. The molecule has 96 valence electrons. The minimum atomic E-state index is -0.879. The van der Waals surface area contributed by atoms with Gasteiger partial charge in [0, 0.05) is 12.5 Å². The van der Waals surface area contributed by atoms with Gasteiger partial charge in [-0.2, -0.15) is 0 Å². The maximum atomic E-state index is 11.2. The Morgan fingerprint density at radius 3 is 3.00 bits per heavy atom. The molecule has 17 heavy (non-hydrogen) atoms. The van der Waals surface area contributed by atoms with E-state index in [1.54, 1.807) is 0 Å². The number of amides is 1. The SMILES string of the molecule is C=CCOC(=O)NC[C@H]1CCCN[C@H]1C(=O)O. The Kier molecular flexibility index (Phi) is 5.48. The Morgan fingerprint density at radius 1 is 1.59 bits per heavy atom. The van der Waals surface area contributed by atoms with Crippen LogP contribution in [-0.4, -0.2) is 42.9 Å². The van der Waals surface area contributed by atoms with Crippen LogP contribution in [0.15, 0.2) is 12.7 Å². The molecule has 1 aliphatic rings. The molecule has 0 aromatic rings. The summed E-state index contributed by atoms with van der Waals surface area (Å²) in [5.74, 6) is -0.978. The zero-order valence-electron chi connectivity index (χ0n) is 9.65. The zero-order valence-corrected chi connectivity index (χ0v) is 9.65. The molecule has 1 saturated heterocycles. The van der Waals surface area contributed by atoms with Gasteiger partial charge in [-0.05, 0) is 19.4 Å². The first-order valence-electron chi connectivity index (χ1n) is 5.63. The minimum Gasteiger partial charge on any atom is -0.480 e. The van der Waals surface area contributed by atoms with Crippen molar-refractivity contribution in [2.75, 3.05) is 19.7 Å². The molecule has 1 fully saturated rings. The van der Waals surface area contributed by atoms with Crippen molar-refractivity contribution in [1.29, 1.82) is 0 Å². The summed E-state index contributed by atoms with van der Waals surface area (Å²) in [5.41, 5.74) is 0. The third-order valence-corrected chi connectivity index (χ3v) is 2.69. The van der Waals surface area contributed by atoms with Crippen LogP contribution < -0.4 is 10.6 Å². The van der Waals surface area contributed by atoms with E-state index in [1.165, 1.54) is 6.08 Å². The summed E-state index contributed by atoms with van der Waals surface area (Å²) in [7, 11) is 0. The van der Waals surface area contributed by atoms with Crippen LogP contribution in [-0.2, 0) is 9.53 Å². The Balaban J connectivity index is 2.35. The fraction of sp³-hybridized carbons (Fsp3) is 0.636. The lowest BCUT2D eigenvalue weighted by molar-refractivity contribution is -0.141. The molecule has 1 rings (SSSR count). The number of hydrogen-bond donors (Lipinski definition) is 3. The standard InChI is InChI=1S/C11H18N2O4/c1-2-6-17-11(16)13-7-8-4-3-5-12-9(8)10(14)15/h2,8-9,12H,1,3-7H2,(H,13,16)(H,14,15)/t8-,9-/m1/s1. The van der Waals surface area contributed by atoms with Gasteiger partial charge in [-0.15, -0.1) is 0 Å². The normalized spacial score (nSPS) is 23.8. The van der Waals surface area contributed by atoms with E-state index >= 15 is 0 Å². The average molecular weight is 242 g/mol. The van der Waals surface area contributed by atoms with Crippen LogP contribution in [0.1, 0.15) is 12.8 Å². The lowest BCUT2D eigenvalue weighted by Gasteiger charge is -2.29. The summed E-state index contributed by atoms with van der Waals surface area (Å²) < 4.78 is 4.74. The molecule has 0 bridgehead atoms. The van der Waals surface area contributed by atoms with Gasteiger partial charge in [0.15, 0.2) is 0 Å². The highest BCUT2D eigenvalue weighted by Crippen LogP contribution is 2.15. The van der Waals surface area contributed by atoms with E-state index in [-0.39, 0.29) is 12.5 Å². The molecule has 0 spiro atoms. The van der Waals surface area contributed by atoms with E-state index in [0.29, 0.717) is 13.1 Å². The number of carbonyl (C=O) groups is 2. The maximum absolute atomic E-state index is 11.2. The van der Waals surface area contributed by atoms with Crippen LogP contribution >= 0.6 is 0 Å². The highest BCUT2D eigenvalue weighted by molar-refractivity contribution is 5.74. The second kappa shape index (κ2) is 6.90. The van der Waals surface area contributed by atoms with Gasteiger partial charge in [0.25, 0.3) is 0 Å². The van der Waals surface area contributed by atoms with E-state index in [2.05, 4.69) is 17.2 Å². The molecule has 1 amide bonds. The van der Waals surface area contributed by atoms with Crippen molar-refractivity contribution in [1.82, 2.24) is 10.6 Å². The van der Waals surface area contributed by atoms with Gasteiger partial charge in [0.2, 0.25) is 0 Å². The highest BCUT2D eigenvalue weighted by atomic mass is 16.5. The number of aliphatic carboxylic acids is 1. The summed E-state index contributed by atoms with van der Waals surface area (Å²) in [6.45, 7) is 4.58. The predicted octanol–water partition coefficient (Wildman–Crippen LogP) is 0.351. The number of ether oxygens (including phenoxy) is 1. The molecule has 0 saturated carbocycles. The van der Waals surface area contributed by atoms with Crippen molar-refractivity contribution in [2.24, 2.45) is 5.92 Å². The Morgan fingerprint density at radius 2 is 2.35 bits per heavy atom. The number of carboxylic acids is 1. The smallest absolute Gasteiger partial charge is 0.407 e. The van der Waals surface area contributed by atoms with Crippen molar-refractivity contribution >= 4 is 12.1 Å². The molecule has 1 aliphatic heterocycles.